The lowest BCUT2D eigenvalue weighted by molar-refractivity contribution is 0.104. The molecule has 0 amide bonds. The van der Waals surface area contributed by atoms with Crippen LogP contribution in [0.3, 0.4) is 0 Å². The number of ketones is 1. The summed E-state index contributed by atoms with van der Waals surface area (Å²) in [4.78, 5) is 11.4. The van der Waals surface area contributed by atoms with Gasteiger partial charge in [0.05, 0.1) is 0 Å². The van der Waals surface area contributed by atoms with Crippen LogP contribution < -0.4 is 0 Å². The average Bonchev–Trinajstić information content (AvgIpc) is 2.19. The number of alkyl halides is 1. The first-order valence-electron chi connectivity index (χ1n) is 4.25. The Morgan fingerprint density at radius 2 is 2.00 bits per heavy atom. The molecule has 2 nitrogen and oxygen atoms in total. The number of allylic oxidation sites excluding steroid dienone is 2. The minimum absolute atomic E-state index is 0.396. The van der Waals surface area contributed by atoms with Gasteiger partial charge in [0.1, 0.15) is 5.76 Å². The lowest BCUT2D eigenvalue weighted by Crippen LogP contribution is -2.02. The molecule has 1 atom stereocenters. The van der Waals surface area contributed by atoms with E-state index in [1.54, 1.807) is 30.3 Å². The highest BCUT2D eigenvalue weighted by Gasteiger charge is 2.08. The summed E-state index contributed by atoms with van der Waals surface area (Å²) in [5.74, 6) is -0.938. The van der Waals surface area contributed by atoms with E-state index in [9.17, 15) is 9.18 Å². The van der Waals surface area contributed by atoms with Crippen LogP contribution in [-0.4, -0.2) is 17.1 Å². The molecule has 3 heteroatoms. The lowest BCUT2D eigenvalue weighted by Gasteiger charge is -1.99. The highest BCUT2D eigenvalue weighted by molar-refractivity contribution is 6.04. The Labute approximate surface area is 81.7 Å². The molecule has 1 aromatic carbocycles. The van der Waals surface area contributed by atoms with E-state index in [1.165, 1.54) is 6.92 Å². The van der Waals surface area contributed by atoms with Crippen molar-refractivity contribution < 1.29 is 14.3 Å². The van der Waals surface area contributed by atoms with Gasteiger partial charge in [-0.3, -0.25) is 4.79 Å². The number of hydrogen-bond acceptors (Lipinski definition) is 2. The second-order valence-electron chi connectivity index (χ2n) is 2.92. The summed E-state index contributed by atoms with van der Waals surface area (Å²) >= 11 is 0. The van der Waals surface area contributed by atoms with Crippen molar-refractivity contribution in [3.05, 3.63) is 47.7 Å². The van der Waals surface area contributed by atoms with Gasteiger partial charge in [0.2, 0.25) is 0 Å². The first-order valence-corrected chi connectivity index (χ1v) is 4.25. The first kappa shape index (κ1) is 10.4. The summed E-state index contributed by atoms with van der Waals surface area (Å²) in [5, 5.41) is 9.02. The van der Waals surface area contributed by atoms with Gasteiger partial charge in [-0.15, -0.1) is 0 Å². The Bertz CT molecular complexity index is 342. The van der Waals surface area contributed by atoms with Crippen LogP contribution in [0.2, 0.25) is 0 Å². The Morgan fingerprint density at radius 1 is 1.43 bits per heavy atom. The fourth-order valence-corrected chi connectivity index (χ4v) is 0.935. The van der Waals surface area contributed by atoms with Crippen LogP contribution in [0.4, 0.5) is 4.39 Å². The molecule has 0 aliphatic rings. The Morgan fingerprint density at radius 3 is 2.50 bits per heavy atom. The minimum atomic E-state index is -1.51. The zero-order chi connectivity index (χ0) is 10.6. The molecule has 1 N–H and O–H groups in total. The molecule has 0 saturated carbocycles. The monoisotopic (exact) mass is 194 g/mol. The summed E-state index contributed by atoms with van der Waals surface area (Å²) in [7, 11) is 0. The quantitative estimate of drug-likeness (QED) is 0.456. The SMILES string of the molecule is CC(F)C(O)=CC(=O)c1ccccc1. The van der Waals surface area contributed by atoms with Crippen molar-refractivity contribution in [2.45, 2.75) is 13.1 Å². The number of benzene rings is 1. The summed E-state index contributed by atoms with van der Waals surface area (Å²) in [6.07, 6.45) is -0.609. The molecule has 1 rings (SSSR count). The van der Waals surface area contributed by atoms with Crippen LogP contribution in [0.25, 0.3) is 0 Å². The van der Waals surface area contributed by atoms with Gasteiger partial charge in [0.15, 0.2) is 12.0 Å². The van der Waals surface area contributed by atoms with Crippen molar-refractivity contribution in [1.29, 1.82) is 0 Å². The second-order valence-corrected chi connectivity index (χ2v) is 2.92. The van der Waals surface area contributed by atoms with E-state index in [4.69, 9.17) is 5.11 Å². The lowest BCUT2D eigenvalue weighted by atomic mass is 10.1. The number of rotatable bonds is 3. The fourth-order valence-electron chi connectivity index (χ4n) is 0.935. The molecule has 14 heavy (non-hydrogen) atoms. The summed E-state index contributed by atoms with van der Waals surface area (Å²) < 4.78 is 12.5. The van der Waals surface area contributed by atoms with Gasteiger partial charge in [0.25, 0.3) is 0 Å². The van der Waals surface area contributed by atoms with Gasteiger partial charge >= 0.3 is 0 Å². The van der Waals surface area contributed by atoms with Crippen molar-refractivity contribution in [3.63, 3.8) is 0 Å². The van der Waals surface area contributed by atoms with E-state index < -0.39 is 17.7 Å². The number of carbonyl (C=O) groups excluding carboxylic acids is 1. The van der Waals surface area contributed by atoms with Crippen molar-refractivity contribution in [3.8, 4) is 0 Å². The molecule has 0 saturated heterocycles. The van der Waals surface area contributed by atoms with E-state index in [0.29, 0.717) is 5.56 Å². The van der Waals surface area contributed by atoms with Crippen LogP contribution in [0.1, 0.15) is 17.3 Å². The van der Waals surface area contributed by atoms with E-state index in [0.717, 1.165) is 6.08 Å². The van der Waals surface area contributed by atoms with E-state index in [1.807, 2.05) is 0 Å². The predicted molar refractivity (Wildman–Crippen MR) is 52.1 cm³/mol. The van der Waals surface area contributed by atoms with Gasteiger partial charge < -0.3 is 5.11 Å². The molecule has 74 valence electrons. The summed E-state index contributed by atoms with van der Waals surface area (Å²) in [6.45, 7) is 1.17. The van der Waals surface area contributed by atoms with Gasteiger partial charge in [-0.05, 0) is 6.92 Å². The first-order chi connectivity index (χ1) is 6.61. The molecular formula is C11H11FO2. The molecule has 0 spiro atoms. The normalized spacial score (nSPS) is 13.7. The van der Waals surface area contributed by atoms with Crippen LogP contribution in [0, 0.1) is 0 Å². The van der Waals surface area contributed by atoms with Crippen molar-refractivity contribution in [2.24, 2.45) is 0 Å². The van der Waals surface area contributed by atoms with E-state index >= 15 is 0 Å². The molecule has 0 aliphatic carbocycles. The molecule has 1 unspecified atom stereocenters. The molecular weight excluding hydrogens is 183 g/mol. The van der Waals surface area contributed by atoms with Crippen molar-refractivity contribution in [2.75, 3.05) is 0 Å². The Hall–Kier alpha value is -1.64. The standard InChI is InChI=1S/C11H11FO2/c1-8(12)10(13)7-11(14)9-5-3-2-4-6-9/h2-8,13H,1H3. The van der Waals surface area contributed by atoms with Crippen LogP contribution in [0.15, 0.2) is 42.2 Å². The van der Waals surface area contributed by atoms with Gasteiger partial charge in [-0.25, -0.2) is 4.39 Å². The van der Waals surface area contributed by atoms with Crippen molar-refractivity contribution in [1.82, 2.24) is 0 Å². The van der Waals surface area contributed by atoms with E-state index in [-0.39, 0.29) is 0 Å². The maximum atomic E-state index is 12.5. The zero-order valence-electron chi connectivity index (χ0n) is 7.77. The summed E-state index contributed by atoms with van der Waals surface area (Å²) in [6, 6.07) is 8.40. The topological polar surface area (TPSA) is 37.3 Å². The molecule has 0 fully saturated rings. The molecule has 0 bridgehead atoms. The zero-order valence-corrected chi connectivity index (χ0v) is 7.77. The Kier molecular flexibility index (Phi) is 3.40. The fraction of sp³-hybridized carbons (Fsp3) is 0.182. The number of aliphatic hydroxyl groups is 1. The van der Waals surface area contributed by atoms with Crippen LogP contribution in [0.5, 0.6) is 0 Å². The molecule has 1 aromatic rings. The van der Waals surface area contributed by atoms with Crippen LogP contribution >= 0.6 is 0 Å². The van der Waals surface area contributed by atoms with Crippen LogP contribution in [-0.2, 0) is 0 Å². The molecule has 0 aliphatic heterocycles. The number of hydrogen-bond donors (Lipinski definition) is 1. The average molecular weight is 194 g/mol. The predicted octanol–water partition coefficient (Wildman–Crippen LogP) is 2.67. The highest BCUT2D eigenvalue weighted by Crippen LogP contribution is 2.06. The third-order valence-corrected chi connectivity index (χ3v) is 1.74. The third kappa shape index (κ3) is 2.69. The summed E-state index contributed by atoms with van der Waals surface area (Å²) in [5.41, 5.74) is 0.430. The van der Waals surface area contributed by atoms with E-state index in [2.05, 4.69) is 0 Å². The van der Waals surface area contributed by atoms with Gasteiger partial charge in [-0.2, -0.15) is 0 Å². The maximum absolute atomic E-state index is 12.5. The number of carbonyl (C=O) groups is 1. The number of halogens is 1. The van der Waals surface area contributed by atoms with Gasteiger partial charge in [-0.1, -0.05) is 30.3 Å². The third-order valence-electron chi connectivity index (χ3n) is 1.74. The molecule has 0 heterocycles. The second kappa shape index (κ2) is 4.56. The largest absolute Gasteiger partial charge is 0.509 e. The Balaban J connectivity index is 2.83. The molecule has 0 radical (unpaired) electrons. The van der Waals surface area contributed by atoms with Crippen molar-refractivity contribution >= 4 is 5.78 Å². The highest BCUT2D eigenvalue weighted by atomic mass is 19.1. The molecule has 0 aromatic heterocycles. The maximum Gasteiger partial charge on any atom is 0.189 e. The minimum Gasteiger partial charge on any atom is -0.509 e. The number of aliphatic hydroxyl groups excluding tert-OH is 1. The smallest absolute Gasteiger partial charge is 0.189 e. The van der Waals surface area contributed by atoms with Gasteiger partial charge in [0, 0.05) is 11.6 Å².